The molecule has 0 amide bonds. The molecule has 1 aromatic carbocycles. The molecule has 4 aromatic heterocycles. The molecule has 138 valence electrons. The van der Waals surface area contributed by atoms with Gasteiger partial charge < -0.3 is 0 Å². The van der Waals surface area contributed by atoms with Crippen LogP contribution < -0.4 is 0 Å². The third kappa shape index (κ3) is 2.45. The molecule has 0 N–H and O–H groups in total. The van der Waals surface area contributed by atoms with Gasteiger partial charge in [-0.25, -0.2) is 9.97 Å². The van der Waals surface area contributed by atoms with Crippen LogP contribution in [0.5, 0.6) is 0 Å². The Morgan fingerprint density at radius 2 is 1.69 bits per heavy atom. The Morgan fingerprint density at radius 1 is 0.931 bits per heavy atom. The van der Waals surface area contributed by atoms with E-state index in [-0.39, 0.29) is 17.1 Å². The molecule has 0 atom stereocenters. The van der Waals surface area contributed by atoms with Gasteiger partial charge in [0.2, 0.25) is 0 Å². The van der Waals surface area contributed by atoms with Crippen LogP contribution in [0.15, 0.2) is 65.4 Å². The molecule has 7 heteroatoms. The van der Waals surface area contributed by atoms with Crippen LogP contribution in [-0.4, -0.2) is 26.1 Å². The van der Waals surface area contributed by atoms with Crippen molar-refractivity contribution in [2.45, 2.75) is 0 Å². The number of rotatable bonds is 2. The van der Waals surface area contributed by atoms with E-state index in [0.29, 0.717) is 11.1 Å². The summed E-state index contributed by atoms with van der Waals surface area (Å²) in [5, 5.41) is 7.89. The standard InChI is InChI=1S/C22H11N3O2S2/c26-20-16-5-13-9-28-10-14(13)6-17(16)21(27)18(20)7-15-1-2-19(29-15)25-4-3-12-8-23-11-24-22(12)25/h1-11H. The molecular weight excluding hydrogens is 402 g/mol. The van der Waals surface area contributed by atoms with E-state index in [1.807, 2.05) is 51.9 Å². The first-order valence-electron chi connectivity index (χ1n) is 8.87. The van der Waals surface area contributed by atoms with Crippen molar-refractivity contribution in [3.05, 3.63) is 81.4 Å². The smallest absolute Gasteiger partial charge is 0.197 e. The zero-order chi connectivity index (χ0) is 19.5. The molecule has 1 aliphatic carbocycles. The number of Topliss-reactive ketones (excluding diaryl/α,β-unsaturated/α-hetero) is 2. The number of ketones is 2. The highest BCUT2D eigenvalue weighted by atomic mass is 32.1. The van der Waals surface area contributed by atoms with E-state index < -0.39 is 0 Å². The Kier molecular flexibility index (Phi) is 3.44. The molecule has 0 saturated heterocycles. The van der Waals surface area contributed by atoms with Crippen molar-refractivity contribution in [3.8, 4) is 5.00 Å². The van der Waals surface area contributed by atoms with Crippen molar-refractivity contribution in [1.82, 2.24) is 14.5 Å². The summed E-state index contributed by atoms with van der Waals surface area (Å²) in [4.78, 5) is 35.0. The second kappa shape index (κ2) is 6.04. The van der Waals surface area contributed by atoms with Gasteiger partial charge in [-0.3, -0.25) is 14.2 Å². The van der Waals surface area contributed by atoms with Crippen LogP contribution in [0.2, 0.25) is 0 Å². The van der Waals surface area contributed by atoms with Gasteiger partial charge in [0, 0.05) is 33.8 Å². The van der Waals surface area contributed by atoms with Crippen molar-refractivity contribution in [2.24, 2.45) is 0 Å². The zero-order valence-corrected chi connectivity index (χ0v) is 16.5. The second-order valence-corrected chi connectivity index (χ2v) is 8.62. The van der Waals surface area contributed by atoms with Crippen molar-refractivity contribution in [1.29, 1.82) is 0 Å². The Morgan fingerprint density at radius 3 is 2.45 bits per heavy atom. The lowest BCUT2D eigenvalue weighted by Gasteiger charge is -1.99. The fourth-order valence-electron chi connectivity index (χ4n) is 3.67. The van der Waals surface area contributed by atoms with Gasteiger partial charge in [0.15, 0.2) is 11.6 Å². The first kappa shape index (κ1) is 16.5. The summed E-state index contributed by atoms with van der Waals surface area (Å²) >= 11 is 3.07. The fraction of sp³-hybridized carbons (Fsp3) is 0. The minimum absolute atomic E-state index is 0.202. The number of hydrogen-bond donors (Lipinski definition) is 0. The van der Waals surface area contributed by atoms with E-state index in [1.54, 1.807) is 23.6 Å². The Bertz CT molecular complexity index is 1450. The third-order valence-corrected chi connectivity index (χ3v) is 6.89. The lowest BCUT2D eigenvalue weighted by molar-refractivity contribution is 0.0990. The average Bonchev–Trinajstić information content (AvgIpc) is 3.50. The summed E-state index contributed by atoms with van der Waals surface area (Å²) in [6, 6.07) is 9.49. The summed E-state index contributed by atoms with van der Waals surface area (Å²) in [5.74, 6) is -0.403. The SMILES string of the molecule is O=C1C(=Cc2ccc(-n3ccc4cncnc43)s2)C(=O)c2cc3cscc3cc21. The van der Waals surface area contributed by atoms with E-state index in [2.05, 4.69) is 9.97 Å². The number of thiophene rings is 2. The van der Waals surface area contributed by atoms with Gasteiger partial charge in [0.05, 0.1) is 5.57 Å². The Balaban J connectivity index is 1.41. The van der Waals surface area contributed by atoms with Crippen LogP contribution in [0.3, 0.4) is 0 Å². The number of hydrogen-bond acceptors (Lipinski definition) is 6. The largest absolute Gasteiger partial charge is 0.292 e. The van der Waals surface area contributed by atoms with Crippen molar-refractivity contribution in [3.63, 3.8) is 0 Å². The van der Waals surface area contributed by atoms with Gasteiger partial charge in [-0.15, -0.1) is 11.3 Å². The van der Waals surface area contributed by atoms with Crippen molar-refractivity contribution < 1.29 is 9.59 Å². The predicted molar refractivity (Wildman–Crippen MR) is 115 cm³/mol. The second-order valence-electron chi connectivity index (χ2n) is 6.78. The number of nitrogens with zero attached hydrogens (tertiary/aromatic N) is 3. The van der Waals surface area contributed by atoms with Gasteiger partial charge in [-0.1, -0.05) is 0 Å². The van der Waals surface area contributed by atoms with Crippen molar-refractivity contribution in [2.75, 3.05) is 0 Å². The highest BCUT2D eigenvalue weighted by Gasteiger charge is 2.33. The number of benzene rings is 1. The number of aromatic nitrogens is 3. The highest BCUT2D eigenvalue weighted by Crippen LogP contribution is 2.34. The van der Waals surface area contributed by atoms with Crippen LogP contribution in [0.1, 0.15) is 25.6 Å². The van der Waals surface area contributed by atoms with E-state index >= 15 is 0 Å². The fourth-order valence-corrected chi connectivity index (χ4v) is 5.37. The molecule has 0 unspecified atom stereocenters. The zero-order valence-electron chi connectivity index (χ0n) is 14.8. The summed E-state index contributed by atoms with van der Waals surface area (Å²) in [6.07, 6.45) is 6.93. The molecule has 0 aliphatic heterocycles. The molecule has 0 fully saturated rings. The monoisotopic (exact) mass is 413 g/mol. The normalized spacial score (nSPS) is 13.6. The lowest BCUT2D eigenvalue weighted by Crippen LogP contribution is -1.99. The van der Waals surface area contributed by atoms with E-state index in [0.717, 1.165) is 31.7 Å². The van der Waals surface area contributed by atoms with E-state index in [1.165, 1.54) is 17.7 Å². The van der Waals surface area contributed by atoms with Gasteiger partial charge in [-0.05, 0) is 57.9 Å². The summed E-state index contributed by atoms with van der Waals surface area (Å²) in [5.41, 5.74) is 2.04. The lowest BCUT2D eigenvalue weighted by atomic mass is 10.1. The molecule has 6 rings (SSSR count). The van der Waals surface area contributed by atoms with Crippen LogP contribution >= 0.6 is 22.7 Å². The van der Waals surface area contributed by atoms with Crippen LogP contribution in [0.25, 0.3) is 32.9 Å². The molecular formula is C22H11N3O2S2. The van der Waals surface area contributed by atoms with Crippen LogP contribution in [-0.2, 0) is 0 Å². The van der Waals surface area contributed by atoms with E-state index in [9.17, 15) is 9.59 Å². The molecule has 29 heavy (non-hydrogen) atoms. The third-order valence-electron chi connectivity index (χ3n) is 5.08. The molecule has 4 heterocycles. The number of allylic oxidation sites excluding steroid dienone is 1. The topological polar surface area (TPSA) is 64.8 Å². The molecule has 5 aromatic rings. The van der Waals surface area contributed by atoms with Gasteiger partial charge in [0.1, 0.15) is 17.0 Å². The average molecular weight is 413 g/mol. The number of carbonyl (C=O) groups excluding carboxylic acids is 2. The van der Waals surface area contributed by atoms with Gasteiger partial charge in [-0.2, -0.15) is 11.3 Å². The molecule has 1 aliphatic rings. The Hall–Kier alpha value is -3.42. The molecule has 5 nitrogen and oxygen atoms in total. The minimum Gasteiger partial charge on any atom is -0.292 e. The summed E-state index contributed by atoms with van der Waals surface area (Å²) in [6.45, 7) is 0. The molecule has 0 bridgehead atoms. The highest BCUT2D eigenvalue weighted by molar-refractivity contribution is 7.15. The number of fused-ring (bicyclic) bond motifs is 3. The first-order valence-corrected chi connectivity index (χ1v) is 10.6. The quantitative estimate of drug-likeness (QED) is 0.296. The predicted octanol–water partition coefficient (Wildman–Crippen LogP) is 5.16. The van der Waals surface area contributed by atoms with Crippen LogP contribution in [0.4, 0.5) is 0 Å². The van der Waals surface area contributed by atoms with E-state index in [4.69, 9.17) is 0 Å². The first-order chi connectivity index (χ1) is 14.2. The van der Waals surface area contributed by atoms with Gasteiger partial charge >= 0.3 is 0 Å². The molecule has 0 spiro atoms. The molecule has 0 saturated carbocycles. The molecule has 0 radical (unpaired) electrons. The Labute approximate surface area is 172 Å². The van der Waals surface area contributed by atoms with Gasteiger partial charge in [0.25, 0.3) is 0 Å². The minimum atomic E-state index is -0.202. The van der Waals surface area contributed by atoms with Crippen LogP contribution in [0, 0.1) is 0 Å². The number of carbonyl (C=O) groups is 2. The van der Waals surface area contributed by atoms with Crippen molar-refractivity contribution >= 4 is 62.1 Å². The maximum atomic E-state index is 12.9. The summed E-state index contributed by atoms with van der Waals surface area (Å²) in [7, 11) is 0. The summed E-state index contributed by atoms with van der Waals surface area (Å²) < 4.78 is 1.98. The maximum Gasteiger partial charge on any atom is 0.197 e. The maximum absolute atomic E-state index is 12.9.